The number of rotatable bonds is 6. The molecule has 0 radical (unpaired) electrons. The molecule has 0 unspecified atom stereocenters. The molecule has 0 spiro atoms. The SMILES string of the molecule is O=N[C@@H](Cc1ccc(CP(=O)(O)O)cc1)C(=O)O. The van der Waals surface area contributed by atoms with Gasteiger partial charge in [-0.3, -0.25) is 4.57 Å². The molecule has 98 valence electrons. The quantitative estimate of drug-likeness (QED) is 0.527. The molecular weight excluding hydrogens is 261 g/mol. The first kappa shape index (κ1) is 14.5. The minimum absolute atomic E-state index is 0.0466. The van der Waals surface area contributed by atoms with E-state index in [0.717, 1.165) is 0 Å². The summed E-state index contributed by atoms with van der Waals surface area (Å²) in [5.41, 5.74) is 1.01. The molecule has 1 aromatic carbocycles. The van der Waals surface area contributed by atoms with Gasteiger partial charge in [-0.05, 0) is 11.1 Å². The predicted molar refractivity (Wildman–Crippen MR) is 63.1 cm³/mol. The largest absolute Gasteiger partial charge is 0.480 e. The molecule has 0 aliphatic heterocycles. The lowest BCUT2D eigenvalue weighted by molar-refractivity contribution is -0.138. The van der Waals surface area contributed by atoms with E-state index in [1.54, 1.807) is 0 Å². The molecule has 0 amide bonds. The maximum atomic E-state index is 10.8. The predicted octanol–water partition coefficient (Wildman–Crippen LogP) is 1.13. The highest BCUT2D eigenvalue weighted by molar-refractivity contribution is 7.50. The van der Waals surface area contributed by atoms with Gasteiger partial charge in [-0.1, -0.05) is 29.4 Å². The van der Waals surface area contributed by atoms with E-state index in [0.29, 0.717) is 11.1 Å². The Labute approximate surface area is 103 Å². The average Bonchev–Trinajstić information content (AvgIpc) is 2.25. The average molecular weight is 273 g/mol. The van der Waals surface area contributed by atoms with Crippen LogP contribution in [0.1, 0.15) is 11.1 Å². The smallest absolute Gasteiger partial charge is 0.332 e. The highest BCUT2D eigenvalue weighted by Crippen LogP contribution is 2.38. The van der Waals surface area contributed by atoms with Crippen molar-refractivity contribution in [3.8, 4) is 0 Å². The van der Waals surface area contributed by atoms with Gasteiger partial charge in [0.2, 0.25) is 0 Å². The van der Waals surface area contributed by atoms with E-state index in [9.17, 15) is 14.3 Å². The van der Waals surface area contributed by atoms with Crippen molar-refractivity contribution in [2.24, 2.45) is 5.18 Å². The summed E-state index contributed by atoms with van der Waals surface area (Å²) in [6.45, 7) is 0. The number of benzene rings is 1. The lowest BCUT2D eigenvalue weighted by atomic mass is 10.1. The van der Waals surface area contributed by atoms with Gasteiger partial charge >= 0.3 is 13.6 Å². The molecule has 0 aliphatic carbocycles. The molecule has 0 aliphatic rings. The Hall–Kier alpha value is -1.56. The second-order valence-corrected chi connectivity index (χ2v) is 5.45. The van der Waals surface area contributed by atoms with Gasteiger partial charge in [0.05, 0.1) is 6.16 Å². The van der Waals surface area contributed by atoms with Gasteiger partial charge < -0.3 is 14.9 Å². The molecule has 1 atom stereocenters. The lowest BCUT2D eigenvalue weighted by Gasteiger charge is -2.07. The fourth-order valence-corrected chi connectivity index (χ4v) is 2.10. The first-order valence-corrected chi connectivity index (χ1v) is 6.79. The third-order valence-corrected chi connectivity index (χ3v) is 3.03. The summed E-state index contributed by atoms with van der Waals surface area (Å²) in [7, 11) is -4.11. The van der Waals surface area contributed by atoms with E-state index in [1.165, 1.54) is 24.3 Å². The molecular formula is C10H12NO6P. The Balaban J connectivity index is 2.74. The van der Waals surface area contributed by atoms with Crippen molar-refractivity contribution >= 4 is 13.6 Å². The van der Waals surface area contributed by atoms with Crippen molar-refractivity contribution in [2.75, 3.05) is 0 Å². The van der Waals surface area contributed by atoms with E-state index in [2.05, 4.69) is 5.18 Å². The molecule has 3 N–H and O–H groups in total. The second kappa shape index (κ2) is 5.86. The van der Waals surface area contributed by atoms with Crippen LogP contribution < -0.4 is 0 Å². The van der Waals surface area contributed by atoms with Crippen molar-refractivity contribution in [3.63, 3.8) is 0 Å². The first-order valence-electron chi connectivity index (χ1n) is 4.99. The highest BCUT2D eigenvalue weighted by atomic mass is 31.2. The van der Waals surface area contributed by atoms with E-state index in [1.807, 2.05) is 0 Å². The molecule has 18 heavy (non-hydrogen) atoms. The number of hydrogen-bond acceptors (Lipinski definition) is 4. The van der Waals surface area contributed by atoms with Crippen LogP contribution in [0.25, 0.3) is 0 Å². The van der Waals surface area contributed by atoms with Crippen LogP contribution in [-0.2, 0) is 21.9 Å². The van der Waals surface area contributed by atoms with Crippen LogP contribution in [0.2, 0.25) is 0 Å². The second-order valence-electron chi connectivity index (χ2n) is 3.80. The maximum Gasteiger partial charge on any atom is 0.332 e. The summed E-state index contributed by atoms with van der Waals surface area (Å²) >= 11 is 0. The summed E-state index contributed by atoms with van der Waals surface area (Å²) in [6.07, 6.45) is -0.420. The van der Waals surface area contributed by atoms with Crippen molar-refractivity contribution in [3.05, 3.63) is 40.3 Å². The number of carboxylic acids is 1. The van der Waals surface area contributed by atoms with Crippen LogP contribution in [0.4, 0.5) is 0 Å². The fourth-order valence-electron chi connectivity index (χ4n) is 1.41. The number of hydrogen-bond donors (Lipinski definition) is 3. The number of nitrogens with zero attached hydrogens (tertiary/aromatic N) is 1. The Morgan fingerprint density at radius 1 is 1.22 bits per heavy atom. The maximum absolute atomic E-state index is 10.8. The normalized spacial score (nSPS) is 13.0. The third kappa shape index (κ3) is 4.75. The summed E-state index contributed by atoms with van der Waals surface area (Å²) < 4.78 is 10.8. The van der Waals surface area contributed by atoms with Crippen LogP contribution >= 0.6 is 7.60 Å². The molecule has 1 aromatic rings. The zero-order valence-electron chi connectivity index (χ0n) is 9.26. The number of carboxylic acid groups (broad SMARTS) is 1. The van der Waals surface area contributed by atoms with Crippen molar-refractivity contribution in [2.45, 2.75) is 18.6 Å². The number of carbonyl (C=O) groups is 1. The van der Waals surface area contributed by atoms with Gasteiger partial charge in [0.25, 0.3) is 0 Å². The van der Waals surface area contributed by atoms with E-state index in [4.69, 9.17) is 14.9 Å². The zero-order valence-corrected chi connectivity index (χ0v) is 10.2. The van der Waals surface area contributed by atoms with Gasteiger partial charge in [0.1, 0.15) is 0 Å². The Morgan fingerprint density at radius 3 is 2.11 bits per heavy atom. The van der Waals surface area contributed by atoms with Gasteiger partial charge in [-0.15, -0.1) is 4.91 Å². The summed E-state index contributed by atoms with van der Waals surface area (Å²) in [5.74, 6) is -1.30. The topological polar surface area (TPSA) is 124 Å². The van der Waals surface area contributed by atoms with Crippen molar-refractivity contribution in [1.29, 1.82) is 0 Å². The minimum Gasteiger partial charge on any atom is -0.480 e. The summed E-state index contributed by atoms with van der Waals surface area (Å²) in [4.78, 5) is 38.4. The summed E-state index contributed by atoms with van der Waals surface area (Å²) in [6, 6.07) is 4.66. The zero-order chi connectivity index (χ0) is 13.8. The van der Waals surface area contributed by atoms with Crippen LogP contribution in [0, 0.1) is 4.91 Å². The molecule has 1 rings (SSSR count). The van der Waals surface area contributed by atoms with Gasteiger partial charge in [-0.2, -0.15) is 0 Å². The minimum atomic E-state index is -4.11. The molecule has 0 saturated heterocycles. The van der Waals surface area contributed by atoms with Gasteiger partial charge in [0.15, 0.2) is 6.04 Å². The Bertz CT molecular complexity index is 480. The van der Waals surface area contributed by atoms with E-state index >= 15 is 0 Å². The molecule has 0 heterocycles. The van der Waals surface area contributed by atoms with Crippen LogP contribution in [0.15, 0.2) is 29.4 Å². The Kier molecular flexibility index (Phi) is 4.72. The highest BCUT2D eigenvalue weighted by Gasteiger charge is 2.19. The van der Waals surface area contributed by atoms with Crippen LogP contribution in [0.3, 0.4) is 0 Å². The van der Waals surface area contributed by atoms with Crippen LogP contribution in [-0.4, -0.2) is 26.9 Å². The number of nitroso groups, excluding NO2 is 1. The molecule has 0 bridgehead atoms. The van der Waals surface area contributed by atoms with E-state index < -0.39 is 19.6 Å². The molecule has 7 nitrogen and oxygen atoms in total. The Morgan fingerprint density at radius 2 is 1.72 bits per heavy atom. The third-order valence-electron chi connectivity index (χ3n) is 2.25. The molecule has 0 aromatic heterocycles. The van der Waals surface area contributed by atoms with Crippen molar-refractivity contribution in [1.82, 2.24) is 0 Å². The monoisotopic (exact) mass is 273 g/mol. The van der Waals surface area contributed by atoms with E-state index in [-0.39, 0.29) is 12.6 Å². The molecule has 0 saturated carbocycles. The molecule has 0 fully saturated rings. The van der Waals surface area contributed by atoms with Crippen LogP contribution in [0.5, 0.6) is 0 Å². The first-order chi connectivity index (χ1) is 8.31. The number of aliphatic carboxylic acids is 1. The van der Waals surface area contributed by atoms with Gasteiger partial charge in [-0.25, -0.2) is 4.79 Å². The lowest BCUT2D eigenvalue weighted by Crippen LogP contribution is -2.19. The fraction of sp³-hybridized carbons (Fsp3) is 0.300. The molecule has 8 heteroatoms. The standard InChI is InChI=1S/C10H12NO6P/c12-10(13)9(11-14)5-7-1-3-8(4-2-7)6-18(15,16)17/h1-4,9H,5-6H2,(H,12,13)(H2,15,16,17)/t9-/m0/s1. The van der Waals surface area contributed by atoms with Gasteiger partial charge in [0, 0.05) is 6.42 Å². The summed E-state index contributed by atoms with van der Waals surface area (Å²) in [5, 5.41) is 11.1. The van der Waals surface area contributed by atoms with Crippen molar-refractivity contribution < 1.29 is 24.3 Å².